The Morgan fingerprint density at radius 3 is 2.94 bits per heavy atom. The topological polar surface area (TPSA) is 29.0 Å². The quantitative estimate of drug-likeness (QED) is 0.770. The predicted octanol–water partition coefficient (Wildman–Crippen LogP) is 2.49. The van der Waals surface area contributed by atoms with E-state index in [0.29, 0.717) is 0 Å². The van der Waals surface area contributed by atoms with Crippen molar-refractivity contribution in [1.82, 2.24) is 9.97 Å². The third-order valence-corrected chi connectivity index (χ3v) is 3.25. The van der Waals surface area contributed by atoms with Gasteiger partial charge in [0.2, 0.25) is 5.95 Å². The SMILES string of the molecule is Cc1ccnc(N2CCc3cc(F)ccc3C2)n1. The van der Waals surface area contributed by atoms with Crippen LogP contribution < -0.4 is 4.90 Å². The van der Waals surface area contributed by atoms with Crippen LogP contribution in [0.2, 0.25) is 0 Å². The van der Waals surface area contributed by atoms with E-state index in [1.165, 1.54) is 6.07 Å². The highest BCUT2D eigenvalue weighted by atomic mass is 19.1. The molecule has 0 fully saturated rings. The van der Waals surface area contributed by atoms with Crippen molar-refractivity contribution < 1.29 is 4.39 Å². The molecule has 3 nitrogen and oxygen atoms in total. The van der Waals surface area contributed by atoms with Gasteiger partial charge in [0, 0.05) is 25.0 Å². The lowest BCUT2D eigenvalue weighted by Crippen LogP contribution is -2.31. The monoisotopic (exact) mass is 243 g/mol. The molecule has 0 amide bonds. The van der Waals surface area contributed by atoms with Crippen LogP contribution in [0.3, 0.4) is 0 Å². The van der Waals surface area contributed by atoms with Crippen molar-refractivity contribution in [1.29, 1.82) is 0 Å². The summed E-state index contributed by atoms with van der Waals surface area (Å²) in [5, 5.41) is 0. The van der Waals surface area contributed by atoms with Crippen LogP contribution >= 0.6 is 0 Å². The molecule has 0 bridgehead atoms. The Bertz CT molecular complexity index is 583. The van der Waals surface area contributed by atoms with Crippen LogP contribution in [-0.2, 0) is 13.0 Å². The molecule has 0 atom stereocenters. The number of aromatic nitrogens is 2. The summed E-state index contributed by atoms with van der Waals surface area (Å²) in [5.41, 5.74) is 3.22. The average molecular weight is 243 g/mol. The van der Waals surface area contributed by atoms with Gasteiger partial charge in [-0.15, -0.1) is 0 Å². The van der Waals surface area contributed by atoms with Crippen LogP contribution in [0.25, 0.3) is 0 Å². The van der Waals surface area contributed by atoms with Crippen molar-refractivity contribution in [3.8, 4) is 0 Å². The highest BCUT2D eigenvalue weighted by Gasteiger charge is 2.18. The maximum absolute atomic E-state index is 13.1. The first-order chi connectivity index (χ1) is 8.72. The van der Waals surface area contributed by atoms with Crippen molar-refractivity contribution in [2.75, 3.05) is 11.4 Å². The molecule has 4 heteroatoms. The number of hydrogen-bond acceptors (Lipinski definition) is 3. The molecule has 1 aromatic heterocycles. The number of anilines is 1. The summed E-state index contributed by atoms with van der Waals surface area (Å²) in [6.07, 6.45) is 2.61. The maximum atomic E-state index is 13.1. The third kappa shape index (κ3) is 2.06. The summed E-state index contributed by atoms with van der Waals surface area (Å²) in [5.74, 6) is 0.596. The molecule has 0 saturated heterocycles. The van der Waals surface area contributed by atoms with Crippen molar-refractivity contribution in [3.05, 3.63) is 53.1 Å². The summed E-state index contributed by atoms with van der Waals surface area (Å²) < 4.78 is 13.1. The number of fused-ring (bicyclic) bond motifs is 1. The fourth-order valence-corrected chi connectivity index (χ4v) is 2.28. The van der Waals surface area contributed by atoms with Crippen LogP contribution in [0.5, 0.6) is 0 Å². The van der Waals surface area contributed by atoms with Gasteiger partial charge in [-0.05, 0) is 42.7 Å². The molecule has 0 saturated carbocycles. The lowest BCUT2D eigenvalue weighted by Gasteiger charge is -2.28. The van der Waals surface area contributed by atoms with E-state index in [1.54, 1.807) is 12.3 Å². The third-order valence-electron chi connectivity index (χ3n) is 3.25. The Balaban J connectivity index is 1.89. The number of hydrogen-bond donors (Lipinski definition) is 0. The number of rotatable bonds is 1. The Morgan fingerprint density at radius 1 is 1.22 bits per heavy atom. The van der Waals surface area contributed by atoms with Gasteiger partial charge in [0.05, 0.1) is 0 Å². The second-order valence-corrected chi connectivity index (χ2v) is 4.58. The standard InChI is InChI=1S/C14H14FN3/c1-10-4-6-16-14(17-10)18-7-5-11-8-13(15)3-2-12(11)9-18/h2-4,6,8H,5,7,9H2,1H3. The van der Waals surface area contributed by atoms with Crippen molar-refractivity contribution in [2.24, 2.45) is 0 Å². The zero-order valence-electron chi connectivity index (χ0n) is 10.2. The highest BCUT2D eigenvalue weighted by Crippen LogP contribution is 2.22. The van der Waals surface area contributed by atoms with E-state index in [0.717, 1.165) is 42.3 Å². The summed E-state index contributed by atoms with van der Waals surface area (Å²) in [6.45, 7) is 3.54. The lowest BCUT2D eigenvalue weighted by molar-refractivity contribution is 0.618. The molecule has 0 N–H and O–H groups in total. The minimum atomic E-state index is -0.158. The second kappa shape index (κ2) is 4.37. The summed E-state index contributed by atoms with van der Waals surface area (Å²) in [7, 11) is 0. The summed E-state index contributed by atoms with van der Waals surface area (Å²) in [4.78, 5) is 10.9. The van der Waals surface area contributed by atoms with Gasteiger partial charge < -0.3 is 4.90 Å². The zero-order chi connectivity index (χ0) is 12.5. The largest absolute Gasteiger partial charge is 0.336 e. The molecule has 2 aromatic rings. The summed E-state index contributed by atoms with van der Waals surface area (Å²) >= 11 is 0. The fourth-order valence-electron chi connectivity index (χ4n) is 2.28. The second-order valence-electron chi connectivity index (χ2n) is 4.58. The first kappa shape index (κ1) is 11.1. The Labute approximate surface area is 105 Å². The van der Waals surface area contributed by atoms with Crippen LogP contribution in [0.4, 0.5) is 10.3 Å². The van der Waals surface area contributed by atoms with E-state index < -0.39 is 0 Å². The molecule has 3 rings (SSSR count). The van der Waals surface area contributed by atoms with E-state index in [-0.39, 0.29) is 5.82 Å². The van der Waals surface area contributed by atoms with Crippen LogP contribution in [-0.4, -0.2) is 16.5 Å². The molecule has 1 aliphatic heterocycles. The molecule has 18 heavy (non-hydrogen) atoms. The molecule has 0 unspecified atom stereocenters. The van der Waals surface area contributed by atoms with Crippen LogP contribution in [0, 0.1) is 12.7 Å². The highest BCUT2D eigenvalue weighted by molar-refractivity contribution is 5.40. The minimum absolute atomic E-state index is 0.158. The summed E-state index contributed by atoms with van der Waals surface area (Å²) in [6, 6.07) is 6.88. The van der Waals surface area contributed by atoms with Gasteiger partial charge in [0.25, 0.3) is 0 Å². The molecule has 0 radical (unpaired) electrons. The predicted molar refractivity (Wildman–Crippen MR) is 67.9 cm³/mol. The van der Waals surface area contributed by atoms with Crippen molar-refractivity contribution in [2.45, 2.75) is 19.9 Å². The number of aryl methyl sites for hydroxylation is 1. The van der Waals surface area contributed by atoms with E-state index in [9.17, 15) is 4.39 Å². The van der Waals surface area contributed by atoms with Crippen LogP contribution in [0.15, 0.2) is 30.5 Å². The molecule has 92 valence electrons. The smallest absolute Gasteiger partial charge is 0.225 e. The van der Waals surface area contributed by atoms with E-state index in [1.807, 2.05) is 19.1 Å². The molecule has 2 heterocycles. The molecule has 0 aliphatic carbocycles. The van der Waals surface area contributed by atoms with E-state index in [4.69, 9.17) is 0 Å². The fraction of sp³-hybridized carbons (Fsp3) is 0.286. The molecule has 1 aromatic carbocycles. The van der Waals surface area contributed by atoms with Gasteiger partial charge in [-0.2, -0.15) is 0 Å². The number of nitrogens with zero attached hydrogens (tertiary/aromatic N) is 3. The van der Waals surface area contributed by atoms with Gasteiger partial charge in [0.1, 0.15) is 5.82 Å². The average Bonchev–Trinajstić information content (AvgIpc) is 2.38. The van der Waals surface area contributed by atoms with Crippen molar-refractivity contribution >= 4 is 5.95 Å². The zero-order valence-corrected chi connectivity index (χ0v) is 10.2. The normalized spacial score (nSPS) is 14.4. The van der Waals surface area contributed by atoms with E-state index in [2.05, 4.69) is 14.9 Å². The molecular weight excluding hydrogens is 229 g/mol. The van der Waals surface area contributed by atoms with Gasteiger partial charge in [-0.25, -0.2) is 14.4 Å². The van der Waals surface area contributed by atoms with E-state index >= 15 is 0 Å². The minimum Gasteiger partial charge on any atom is -0.336 e. The molecule has 0 spiro atoms. The Morgan fingerprint density at radius 2 is 2.11 bits per heavy atom. The first-order valence-electron chi connectivity index (χ1n) is 6.04. The van der Waals surface area contributed by atoms with Crippen LogP contribution in [0.1, 0.15) is 16.8 Å². The van der Waals surface area contributed by atoms with Gasteiger partial charge in [0.15, 0.2) is 0 Å². The van der Waals surface area contributed by atoms with Gasteiger partial charge in [-0.3, -0.25) is 0 Å². The van der Waals surface area contributed by atoms with Gasteiger partial charge in [-0.1, -0.05) is 6.07 Å². The van der Waals surface area contributed by atoms with Crippen molar-refractivity contribution in [3.63, 3.8) is 0 Å². The number of benzene rings is 1. The number of halogens is 1. The Hall–Kier alpha value is -1.97. The Kier molecular flexibility index (Phi) is 2.70. The first-order valence-corrected chi connectivity index (χ1v) is 6.04. The van der Waals surface area contributed by atoms with Gasteiger partial charge >= 0.3 is 0 Å². The molecule has 1 aliphatic rings. The maximum Gasteiger partial charge on any atom is 0.225 e. The lowest BCUT2D eigenvalue weighted by atomic mass is 10.00. The molecular formula is C14H14FN3.